The number of hydrogen-bond acceptors (Lipinski definition) is 6. The topological polar surface area (TPSA) is 78.9 Å². The van der Waals surface area contributed by atoms with E-state index in [1.807, 2.05) is 0 Å². The minimum Gasteiger partial charge on any atom is -0.462 e. The molecule has 0 spiro atoms. The van der Waals surface area contributed by atoms with E-state index in [2.05, 4.69) is 20.8 Å². The van der Waals surface area contributed by atoms with Crippen LogP contribution in [-0.2, 0) is 28.6 Å². The number of hydrogen-bond donors (Lipinski definition) is 0. The van der Waals surface area contributed by atoms with Crippen LogP contribution in [0.3, 0.4) is 0 Å². The molecule has 0 rings (SSSR count). The number of ether oxygens (including phenoxy) is 3. The zero-order chi connectivity index (χ0) is 59.2. The Morgan fingerprint density at radius 1 is 0.195 bits per heavy atom. The van der Waals surface area contributed by atoms with Crippen molar-refractivity contribution in [2.24, 2.45) is 0 Å². The average Bonchev–Trinajstić information content (AvgIpc) is 3.47. The van der Waals surface area contributed by atoms with Crippen LogP contribution < -0.4 is 0 Å². The molecule has 6 heteroatoms. The molecule has 0 aromatic heterocycles. The minimum absolute atomic E-state index is 0.0598. The van der Waals surface area contributed by atoms with Gasteiger partial charge in [0.2, 0.25) is 0 Å². The van der Waals surface area contributed by atoms with E-state index in [9.17, 15) is 14.4 Å². The van der Waals surface area contributed by atoms with E-state index in [4.69, 9.17) is 14.2 Å². The lowest BCUT2D eigenvalue weighted by atomic mass is 10.0. The lowest BCUT2D eigenvalue weighted by Gasteiger charge is -2.18. The summed E-state index contributed by atoms with van der Waals surface area (Å²) in [4.78, 5) is 38.5. The highest BCUT2D eigenvalue weighted by Gasteiger charge is 2.20. The van der Waals surface area contributed by atoms with Gasteiger partial charge in [0.1, 0.15) is 13.2 Å². The molecule has 0 aromatic carbocycles. The van der Waals surface area contributed by atoms with Crippen molar-refractivity contribution in [1.82, 2.24) is 0 Å². The normalized spacial score (nSPS) is 11.9. The first-order valence-corrected chi connectivity index (χ1v) is 38.0. The van der Waals surface area contributed by atoms with Crippen molar-refractivity contribution in [1.29, 1.82) is 0 Å². The van der Waals surface area contributed by atoms with Crippen LogP contribution in [-0.4, -0.2) is 37.2 Å². The molecule has 6 nitrogen and oxygen atoms in total. The number of esters is 3. The van der Waals surface area contributed by atoms with Crippen LogP contribution >= 0.6 is 0 Å². The van der Waals surface area contributed by atoms with E-state index >= 15 is 0 Å². The number of carbonyl (C=O) groups is 3. The molecule has 0 fully saturated rings. The Morgan fingerprint density at radius 3 is 0.488 bits per heavy atom. The lowest BCUT2D eigenvalue weighted by Crippen LogP contribution is -2.30. The molecule has 0 aliphatic rings. The molecule has 488 valence electrons. The predicted molar refractivity (Wildman–Crippen MR) is 358 cm³/mol. The Labute approximate surface area is 514 Å². The Hall–Kier alpha value is -1.59. The summed E-state index contributed by atoms with van der Waals surface area (Å²) < 4.78 is 17.1. The highest BCUT2D eigenvalue weighted by atomic mass is 16.6. The quantitative estimate of drug-likeness (QED) is 0.0343. The molecule has 0 heterocycles. The average molecular weight is 1160 g/mol. The van der Waals surface area contributed by atoms with Gasteiger partial charge in [-0.3, -0.25) is 14.4 Å². The Kier molecular flexibility index (Phi) is 70.5. The summed E-state index contributed by atoms with van der Waals surface area (Å²) in [6, 6.07) is 0. The molecule has 0 radical (unpaired) electrons. The zero-order valence-electron chi connectivity index (χ0n) is 56.3. The Morgan fingerprint density at radius 2 is 0.329 bits per heavy atom. The van der Waals surface area contributed by atoms with Crippen molar-refractivity contribution >= 4 is 17.9 Å². The van der Waals surface area contributed by atoms with Crippen LogP contribution in [0.1, 0.15) is 451 Å². The summed E-state index contributed by atoms with van der Waals surface area (Å²) >= 11 is 0. The van der Waals surface area contributed by atoms with Crippen molar-refractivity contribution in [3.05, 3.63) is 0 Å². The highest BCUT2D eigenvalue weighted by molar-refractivity contribution is 5.71. The lowest BCUT2D eigenvalue weighted by molar-refractivity contribution is -0.167. The van der Waals surface area contributed by atoms with Crippen LogP contribution in [0.25, 0.3) is 0 Å². The van der Waals surface area contributed by atoms with Crippen molar-refractivity contribution in [3.8, 4) is 0 Å². The third-order valence-electron chi connectivity index (χ3n) is 17.9. The van der Waals surface area contributed by atoms with Gasteiger partial charge in [0.05, 0.1) is 0 Å². The van der Waals surface area contributed by atoms with Crippen molar-refractivity contribution in [2.45, 2.75) is 457 Å². The van der Waals surface area contributed by atoms with Crippen LogP contribution in [0, 0.1) is 0 Å². The summed E-state index contributed by atoms with van der Waals surface area (Å²) in [5, 5.41) is 0. The Balaban J connectivity index is 4.21. The first-order chi connectivity index (χ1) is 40.5. The molecule has 0 bridgehead atoms. The predicted octanol–water partition coefficient (Wildman–Crippen LogP) is 26.2. The van der Waals surface area contributed by atoms with Crippen LogP contribution in [0.2, 0.25) is 0 Å². The maximum absolute atomic E-state index is 13.0. The molecular formula is C76H148O6. The molecule has 0 aromatic rings. The molecule has 0 N–H and O–H groups in total. The van der Waals surface area contributed by atoms with Crippen molar-refractivity contribution < 1.29 is 28.6 Å². The second-order valence-corrected chi connectivity index (χ2v) is 26.3. The molecule has 82 heavy (non-hydrogen) atoms. The fourth-order valence-electron chi connectivity index (χ4n) is 12.2. The van der Waals surface area contributed by atoms with Gasteiger partial charge >= 0.3 is 17.9 Å². The van der Waals surface area contributed by atoms with Gasteiger partial charge in [-0.1, -0.05) is 412 Å². The fourth-order valence-corrected chi connectivity index (χ4v) is 12.2. The van der Waals surface area contributed by atoms with Gasteiger partial charge in [-0.2, -0.15) is 0 Å². The third-order valence-corrected chi connectivity index (χ3v) is 17.9. The SMILES string of the molecule is CCCCCCCCCCCCCCCCCCCCCCCCCCCCC(=O)OCC(COC(=O)CCCCCCCCCCCCCCCCCC)OC(=O)CCCCCCCCCCCCCCCCCCCCCCCC. The second-order valence-electron chi connectivity index (χ2n) is 26.3. The highest BCUT2D eigenvalue weighted by Crippen LogP contribution is 2.20. The molecule has 1 unspecified atom stereocenters. The van der Waals surface area contributed by atoms with Crippen LogP contribution in [0.4, 0.5) is 0 Å². The smallest absolute Gasteiger partial charge is 0.306 e. The van der Waals surface area contributed by atoms with Gasteiger partial charge in [0, 0.05) is 19.3 Å². The second kappa shape index (κ2) is 71.9. The summed E-state index contributed by atoms with van der Waals surface area (Å²) in [6.45, 7) is 6.76. The summed E-state index contributed by atoms with van der Waals surface area (Å²) in [7, 11) is 0. The monoisotopic (exact) mass is 1160 g/mol. The van der Waals surface area contributed by atoms with Crippen LogP contribution in [0.15, 0.2) is 0 Å². The van der Waals surface area contributed by atoms with E-state index < -0.39 is 6.10 Å². The van der Waals surface area contributed by atoms with E-state index in [-0.39, 0.29) is 31.1 Å². The number of carbonyl (C=O) groups excluding carboxylic acids is 3. The maximum atomic E-state index is 13.0. The van der Waals surface area contributed by atoms with Gasteiger partial charge in [0.15, 0.2) is 6.10 Å². The third kappa shape index (κ3) is 69.2. The van der Waals surface area contributed by atoms with Gasteiger partial charge in [0.25, 0.3) is 0 Å². The first kappa shape index (κ1) is 80.4. The van der Waals surface area contributed by atoms with E-state index in [1.165, 1.54) is 353 Å². The fraction of sp³-hybridized carbons (Fsp3) is 0.961. The zero-order valence-corrected chi connectivity index (χ0v) is 56.3. The molecule has 0 saturated heterocycles. The summed E-state index contributed by atoms with van der Waals surface area (Å²) in [5.41, 5.74) is 0. The molecule has 0 aliphatic heterocycles. The van der Waals surface area contributed by atoms with Gasteiger partial charge < -0.3 is 14.2 Å². The molecule has 1 atom stereocenters. The number of unbranched alkanes of at least 4 members (excludes halogenated alkanes) is 61. The minimum atomic E-state index is -0.764. The van der Waals surface area contributed by atoms with Gasteiger partial charge in [-0.15, -0.1) is 0 Å². The van der Waals surface area contributed by atoms with Gasteiger partial charge in [-0.25, -0.2) is 0 Å². The molecular weight excluding hydrogens is 1010 g/mol. The molecule has 0 aliphatic carbocycles. The first-order valence-electron chi connectivity index (χ1n) is 38.0. The summed E-state index contributed by atoms with van der Waals surface area (Å²) in [5.74, 6) is -0.814. The van der Waals surface area contributed by atoms with E-state index in [0.29, 0.717) is 19.3 Å². The maximum Gasteiger partial charge on any atom is 0.306 e. The van der Waals surface area contributed by atoms with Crippen molar-refractivity contribution in [2.75, 3.05) is 13.2 Å². The molecule has 0 saturated carbocycles. The Bertz CT molecular complexity index is 1240. The largest absolute Gasteiger partial charge is 0.462 e. The van der Waals surface area contributed by atoms with Gasteiger partial charge in [-0.05, 0) is 19.3 Å². The molecule has 0 amide bonds. The number of rotatable bonds is 72. The standard InChI is InChI=1S/C76H148O6/c1-4-7-10-13-16-19-22-25-28-31-33-35-37-38-39-40-42-43-45-48-51-54-57-60-63-66-69-75(78)81-72-73(71-80-74(77)68-65-62-59-56-53-50-47-30-27-24-21-18-15-12-9-6-3)82-76(79)70-67-64-61-58-55-52-49-46-44-41-36-34-32-29-26-23-20-17-14-11-8-5-2/h73H,4-72H2,1-3H3. The summed E-state index contributed by atoms with van der Waals surface area (Å²) in [6.07, 6.45) is 85.8. The van der Waals surface area contributed by atoms with E-state index in [1.54, 1.807) is 0 Å². The van der Waals surface area contributed by atoms with Crippen LogP contribution in [0.5, 0.6) is 0 Å². The van der Waals surface area contributed by atoms with Crippen molar-refractivity contribution in [3.63, 3.8) is 0 Å². The van der Waals surface area contributed by atoms with E-state index in [0.717, 1.165) is 57.8 Å².